The van der Waals surface area contributed by atoms with Crippen molar-refractivity contribution in [3.63, 3.8) is 0 Å². The molecule has 0 spiro atoms. The Labute approximate surface area is 134 Å². The van der Waals surface area contributed by atoms with Crippen LogP contribution in [0.25, 0.3) is 0 Å². The van der Waals surface area contributed by atoms with Gasteiger partial charge in [-0.1, -0.05) is 12.1 Å². The molecule has 0 bridgehead atoms. The molecular weight excluding hydrogens is 300 g/mol. The zero-order valence-corrected chi connectivity index (χ0v) is 13.0. The lowest BCUT2D eigenvalue weighted by atomic mass is 10.2. The van der Waals surface area contributed by atoms with Gasteiger partial charge in [0.2, 0.25) is 11.8 Å². The molecule has 0 aliphatic carbocycles. The van der Waals surface area contributed by atoms with Crippen LogP contribution in [0.1, 0.15) is 13.3 Å². The predicted octanol–water partition coefficient (Wildman–Crippen LogP) is -0.0265. The molecule has 4 N–H and O–H groups in total. The largest absolute Gasteiger partial charge is 0.495 e. The molecule has 1 aliphatic rings. The summed E-state index contributed by atoms with van der Waals surface area (Å²) in [4.78, 5) is 36.8. The molecule has 1 heterocycles. The Morgan fingerprint density at radius 2 is 2.09 bits per heavy atom. The van der Waals surface area contributed by atoms with Crippen molar-refractivity contribution in [2.24, 2.45) is 5.73 Å². The van der Waals surface area contributed by atoms with E-state index >= 15 is 0 Å². The van der Waals surface area contributed by atoms with Crippen LogP contribution in [0.15, 0.2) is 24.3 Å². The number of anilines is 1. The van der Waals surface area contributed by atoms with Crippen LogP contribution in [-0.4, -0.2) is 43.6 Å². The molecule has 0 aromatic heterocycles. The van der Waals surface area contributed by atoms with Gasteiger partial charge in [-0.05, 0) is 25.5 Å². The second-order valence-electron chi connectivity index (χ2n) is 5.24. The van der Waals surface area contributed by atoms with Gasteiger partial charge >= 0.3 is 6.03 Å². The molecule has 1 aromatic carbocycles. The Morgan fingerprint density at radius 3 is 2.74 bits per heavy atom. The number of urea groups is 1. The number of para-hydroxylation sites is 2. The summed E-state index contributed by atoms with van der Waals surface area (Å²) in [5.41, 5.74) is 5.64. The molecule has 1 aliphatic heterocycles. The number of hydrogen-bond donors (Lipinski definition) is 3. The van der Waals surface area contributed by atoms with E-state index in [0.29, 0.717) is 24.4 Å². The molecule has 124 valence electrons. The summed E-state index contributed by atoms with van der Waals surface area (Å²) in [6, 6.07) is 4.96. The van der Waals surface area contributed by atoms with Crippen molar-refractivity contribution in [1.82, 2.24) is 10.6 Å². The molecular formula is C15H20N4O4. The first kappa shape index (κ1) is 16.6. The second kappa shape index (κ2) is 6.99. The van der Waals surface area contributed by atoms with Gasteiger partial charge in [-0.3, -0.25) is 9.59 Å². The van der Waals surface area contributed by atoms with Gasteiger partial charge in [0, 0.05) is 6.54 Å². The van der Waals surface area contributed by atoms with E-state index in [-0.39, 0.29) is 5.91 Å². The molecule has 2 unspecified atom stereocenters. The lowest BCUT2D eigenvalue weighted by molar-refractivity contribution is -0.127. The van der Waals surface area contributed by atoms with Gasteiger partial charge < -0.3 is 26.0 Å². The maximum absolute atomic E-state index is 12.5. The SMILES string of the molecule is COc1ccccc1N1CCC(NC(=O)C(C)NC(N)=O)C1=O. The van der Waals surface area contributed by atoms with Gasteiger partial charge in [0.15, 0.2) is 0 Å². The fraction of sp³-hybridized carbons (Fsp3) is 0.400. The molecule has 4 amide bonds. The lowest BCUT2D eigenvalue weighted by Crippen LogP contribution is -2.51. The first-order valence-corrected chi connectivity index (χ1v) is 7.24. The minimum absolute atomic E-state index is 0.214. The zero-order chi connectivity index (χ0) is 17.0. The van der Waals surface area contributed by atoms with E-state index in [4.69, 9.17) is 10.5 Å². The maximum Gasteiger partial charge on any atom is 0.312 e. The molecule has 0 saturated carbocycles. The van der Waals surface area contributed by atoms with Gasteiger partial charge in [-0.15, -0.1) is 0 Å². The average Bonchev–Trinajstić information content (AvgIpc) is 2.87. The molecule has 8 heteroatoms. The van der Waals surface area contributed by atoms with Crippen LogP contribution >= 0.6 is 0 Å². The van der Waals surface area contributed by atoms with Crippen molar-refractivity contribution >= 4 is 23.5 Å². The molecule has 8 nitrogen and oxygen atoms in total. The Kier molecular flexibility index (Phi) is 5.05. The molecule has 2 rings (SSSR count). The summed E-state index contributed by atoms with van der Waals surface area (Å²) in [5, 5.41) is 4.90. The van der Waals surface area contributed by atoms with Gasteiger partial charge in [-0.25, -0.2) is 4.79 Å². The van der Waals surface area contributed by atoms with Gasteiger partial charge in [0.1, 0.15) is 17.8 Å². The third-order valence-corrected chi connectivity index (χ3v) is 3.65. The number of rotatable bonds is 5. The number of methoxy groups -OCH3 is 1. The van der Waals surface area contributed by atoms with Gasteiger partial charge in [0.25, 0.3) is 0 Å². The van der Waals surface area contributed by atoms with Gasteiger partial charge in [-0.2, -0.15) is 0 Å². The topological polar surface area (TPSA) is 114 Å². The van der Waals surface area contributed by atoms with E-state index in [0.717, 1.165) is 0 Å². The molecule has 1 fully saturated rings. The summed E-state index contributed by atoms with van der Waals surface area (Å²) in [7, 11) is 1.54. The summed E-state index contributed by atoms with van der Waals surface area (Å²) in [6.45, 7) is 1.97. The van der Waals surface area contributed by atoms with Crippen molar-refractivity contribution in [2.45, 2.75) is 25.4 Å². The first-order valence-electron chi connectivity index (χ1n) is 7.24. The van der Waals surface area contributed by atoms with Crippen LogP contribution in [-0.2, 0) is 9.59 Å². The number of amides is 4. The third-order valence-electron chi connectivity index (χ3n) is 3.65. The Balaban J connectivity index is 2.04. The summed E-state index contributed by atoms with van der Waals surface area (Å²) in [6.07, 6.45) is 0.478. The van der Waals surface area contributed by atoms with E-state index in [9.17, 15) is 14.4 Å². The van der Waals surface area contributed by atoms with Crippen LogP contribution in [0.3, 0.4) is 0 Å². The van der Waals surface area contributed by atoms with Crippen molar-refractivity contribution in [1.29, 1.82) is 0 Å². The fourth-order valence-corrected chi connectivity index (χ4v) is 2.48. The molecule has 1 aromatic rings. The number of nitrogens with one attached hydrogen (secondary N) is 2. The van der Waals surface area contributed by atoms with Crippen molar-refractivity contribution in [3.8, 4) is 5.75 Å². The van der Waals surface area contributed by atoms with Crippen LogP contribution in [0, 0.1) is 0 Å². The van der Waals surface area contributed by atoms with E-state index < -0.39 is 24.0 Å². The fourth-order valence-electron chi connectivity index (χ4n) is 2.48. The zero-order valence-electron chi connectivity index (χ0n) is 13.0. The van der Waals surface area contributed by atoms with E-state index in [1.54, 1.807) is 17.0 Å². The monoisotopic (exact) mass is 320 g/mol. The number of primary amides is 1. The number of hydrogen-bond acceptors (Lipinski definition) is 4. The summed E-state index contributed by atoms with van der Waals surface area (Å²) < 4.78 is 5.26. The Bertz CT molecular complexity index is 619. The summed E-state index contributed by atoms with van der Waals surface area (Å²) in [5.74, 6) is -0.0743. The number of carbonyl (C=O) groups excluding carboxylic acids is 3. The van der Waals surface area contributed by atoms with Crippen LogP contribution < -0.4 is 26.0 Å². The second-order valence-corrected chi connectivity index (χ2v) is 5.24. The highest BCUT2D eigenvalue weighted by molar-refractivity contribution is 6.02. The van der Waals surface area contributed by atoms with Crippen LogP contribution in [0.4, 0.5) is 10.5 Å². The minimum atomic E-state index is -0.805. The van der Waals surface area contributed by atoms with Crippen molar-refractivity contribution in [2.75, 3.05) is 18.6 Å². The number of benzene rings is 1. The normalized spacial score (nSPS) is 18.4. The quantitative estimate of drug-likeness (QED) is 0.707. The highest BCUT2D eigenvalue weighted by Gasteiger charge is 2.35. The van der Waals surface area contributed by atoms with E-state index in [1.807, 2.05) is 12.1 Å². The van der Waals surface area contributed by atoms with E-state index in [2.05, 4.69) is 10.6 Å². The highest BCUT2D eigenvalue weighted by Crippen LogP contribution is 2.30. The highest BCUT2D eigenvalue weighted by atomic mass is 16.5. The minimum Gasteiger partial charge on any atom is -0.495 e. The standard InChI is InChI=1S/C15H20N4O4/c1-9(17-15(16)22)13(20)18-10-7-8-19(14(10)21)11-5-3-4-6-12(11)23-2/h3-6,9-10H,7-8H2,1-2H3,(H,18,20)(H3,16,17,22). The third kappa shape index (κ3) is 3.71. The van der Waals surface area contributed by atoms with Crippen LogP contribution in [0.2, 0.25) is 0 Å². The average molecular weight is 320 g/mol. The number of nitrogens with zero attached hydrogens (tertiary/aromatic N) is 1. The first-order chi connectivity index (χ1) is 10.9. The molecule has 2 atom stereocenters. The molecule has 23 heavy (non-hydrogen) atoms. The van der Waals surface area contributed by atoms with Crippen molar-refractivity contribution < 1.29 is 19.1 Å². The van der Waals surface area contributed by atoms with Gasteiger partial charge in [0.05, 0.1) is 12.8 Å². The predicted molar refractivity (Wildman–Crippen MR) is 84.1 cm³/mol. The summed E-state index contributed by atoms with van der Waals surface area (Å²) >= 11 is 0. The van der Waals surface area contributed by atoms with Crippen LogP contribution in [0.5, 0.6) is 5.75 Å². The van der Waals surface area contributed by atoms with E-state index in [1.165, 1.54) is 14.0 Å². The smallest absolute Gasteiger partial charge is 0.312 e. The maximum atomic E-state index is 12.5. The van der Waals surface area contributed by atoms with Crippen molar-refractivity contribution in [3.05, 3.63) is 24.3 Å². The number of carbonyl (C=O) groups is 3. The molecule has 1 saturated heterocycles. The Morgan fingerprint density at radius 1 is 1.39 bits per heavy atom. The molecule has 0 radical (unpaired) electrons. The number of nitrogens with two attached hydrogens (primary N) is 1. The lowest BCUT2D eigenvalue weighted by Gasteiger charge is -2.20. The Hall–Kier alpha value is -2.77. The number of ether oxygens (including phenoxy) is 1.